The molecule has 3 rings (SSSR count). The first kappa shape index (κ1) is 26.9. The van der Waals surface area contributed by atoms with Crippen molar-refractivity contribution < 1.29 is 19.1 Å². The molecule has 1 aliphatic rings. The molecule has 3 N–H and O–H groups in total. The Labute approximate surface area is 192 Å². The number of anilines is 1. The molecule has 2 aromatic rings. The molecular formula is C23H29Cl2FN2O3. The van der Waals surface area contributed by atoms with Gasteiger partial charge in [-0.1, -0.05) is 69.1 Å². The van der Waals surface area contributed by atoms with Gasteiger partial charge < -0.3 is 15.7 Å². The molecule has 2 atom stereocenters. The third-order valence-corrected chi connectivity index (χ3v) is 4.75. The zero-order chi connectivity index (χ0) is 23.6. The maximum atomic E-state index is 14.4. The Balaban J connectivity index is 0.000000519. The highest BCUT2D eigenvalue weighted by Crippen LogP contribution is 2.41. The Hall–Kier alpha value is -2.15. The number of hydrogen-bond acceptors (Lipinski definition) is 3. The molecular weight excluding hydrogens is 442 g/mol. The van der Waals surface area contributed by atoms with Crippen molar-refractivity contribution in [2.45, 2.75) is 39.5 Å². The van der Waals surface area contributed by atoms with Gasteiger partial charge in [0.05, 0.1) is 5.02 Å². The molecule has 1 amide bonds. The number of carboxylic acid groups (broad SMARTS) is 1. The van der Waals surface area contributed by atoms with Crippen LogP contribution in [0, 0.1) is 11.2 Å². The van der Waals surface area contributed by atoms with E-state index in [2.05, 4.69) is 38.3 Å². The summed E-state index contributed by atoms with van der Waals surface area (Å²) in [6.07, 6.45) is 0.618. The Kier molecular flexibility index (Phi) is 11.0. The summed E-state index contributed by atoms with van der Waals surface area (Å²) in [5.41, 5.74) is 2.66. The molecule has 0 spiro atoms. The largest absolute Gasteiger partial charge is 0.483 e. The van der Waals surface area contributed by atoms with Gasteiger partial charge >= 0.3 is 0 Å². The average molecular weight is 471 g/mol. The fourth-order valence-electron chi connectivity index (χ4n) is 3.18. The van der Waals surface area contributed by atoms with Crippen molar-refractivity contribution in [3.05, 3.63) is 63.4 Å². The molecule has 2 unspecified atom stereocenters. The molecule has 5 nitrogen and oxygen atoms in total. The molecule has 0 bridgehead atoms. The quantitative estimate of drug-likeness (QED) is 0.484. The lowest BCUT2D eigenvalue weighted by Crippen LogP contribution is -2.13. The molecule has 1 saturated heterocycles. The second-order valence-electron chi connectivity index (χ2n) is 8.61. The number of hydrogen-bond donors (Lipinski definition) is 3. The Morgan fingerprint density at radius 1 is 1.06 bits per heavy atom. The van der Waals surface area contributed by atoms with E-state index in [1.54, 1.807) is 30.3 Å². The molecule has 1 fully saturated rings. The van der Waals surface area contributed by atoms with E-state index in [0.29, 0.717) is 41.2 Å². The Morgan fingerprint density at radius 3 is 2.16 bits per heavy atom. The topological polar surface area (TPSA) is 78.4 Å². The summed E-state index contributed by atoms with van der Waals surface area (Å²) in [6, 6.07) is 10.4. The van der Waals surface area contributed by atoms with Crippen LogP contribution in [0.5, 0.6) is 0 Å². The van der Waals surface area contributed by atoms with Crippen molar-refractivity contribution in [1.29, 1.82) is 0 Å². The first-order chi connectivity index (χ1) is 14.5. The molecule has 31 heavy (non-hydrogen) atoms. The molecule has 170 valence electrons. The SMILES string of the molecule is CC(C)(C)C.O=CNc1cc(Cl)ccc1C1CNCC1c1cccc(Cl)c1F.O=CO. The highest BCUT2D eigenvalue weighted by Gasteiger charge is 2.33. The van der Waals surface area contributed by atoms with Crippen molar-refractivity contribution in [2.24, 2.45) is 5.41 Å². The van der Waals surface area contributed by atoms with Crippen LogP contribution in [0.2, 0.25) is 10.0 Å². The maximum absolute atomic E-state index is 14.4. The number of benzene rings is 2. The number of halogens is 3. The van der Waals surface area contributed by atoms with Crippen molar-refractivity contribution in [3.63, 3.8) is 0 Å². The number of nitrogens with one attached hydrogen (secondary N) is 2. The van der Waals surface area contributed by atoms with Gasteiger partial charge in [-0.05, 0) is 34.7 Å². The second-order valence-corrected chi connectivity index (χ2v) is 9.46. The van der Waals surface area contributed by atoms with Crippen LogP contribution in [0.25, 0.3) is 0 Å². The molecule has 1 aliphatic heterocycles. The van der Waals surface area contributed by atoms with E-state index >= 15 is 0 Å². The highest BCUT2D eigenvalue weighted by atomic mass is 35.5. The van der Waals surface area contributed by atoms with Gasteiger partial charge in [0.1, 0.15) is 5.82 Å². The molecule has 2 aromatic carbocycles. The highest BCUT2D eigenvalue weighted by molar-refractivity contribution is 6.31. The first-order valence-electron chi connectivity index (χ1n) is 9.75. The van der Waals surface area contributed by atoms with Crippen LogP contribution in [0.4, 0.5) is 10.1 Å². The number of carbonyl (C=O) groups is 2. The van der Waals surface area contributed by atoms with Crippen LogP contribution >= 0.6 is 23.2 Å². The molecule has 0 aliphatic carbocycles. The lowest BCUT2D eigenvalue weighted by Gasteiger charge is -2.22. The van der Waals surface area contributed by atoms with Crippen LogP contribution in [0.3, 0.4) is 0 Å². The van der Waals surface area contributed by atoms with Gasteiger partial charge in [-0.15, -0.1) is 0 Å². The molecule has 8 heteroatoms. The van der Waals surface area contributed by atoms with Crippen molar-refractivity contribution in [1.82, 2.24) is 5.32 Å². The van der Waals surface area contributed by atoms with E-state index in [1.807, 2.05) is 6.07 Å². The minimum Gasteiger partial charge on any atom is -0.483 e. The summed E-state index contributed by atoms with van der Waals surface area (Å²) in [6.45, 7) is 9.83. The third kappa shape index (κ3) is 8.85. The summed E-state index contributed by atoms with van der Waals surface area (Å²) >= 11 is 11.9. The number of amides is 1. The summed E-state index contributed by atoms with van der Waals surface area (Å²) < 4.78 is 14.4. The van der Waals surface area contributed by atoms with Crippen LogP contribution in [0.1, 0.15) is 50.7 Å². The molecule has 0 saturated carbocycles. The maximum Gasteiger partial charge on any atom is 0.290 e. The van der Waals surface area contributed by atoms with E-state index in [4.69, 9.17) is 33.1 Å². The standard InChI is InChI=1S/C17H15Cl2FN2O.C5H12.CH2O2/c18-10-4-5-11(16(6-10)22-9-23)13-7-21-8-14(13)12-2-1-3-15(19)17(12)20;1-5(2,3)4;2-1-3/h1-6,9,13-14,21H,7-8H2,(H,22,23);1-4H3;1H,(H,2,3). The van der Waals surface area contributed by atoms with Crippen molar-refractivity contribution in [2.75, 3.05) is 18.4 Å². The molecule has 0 aromatic heterocycles. The van der Waals surface area contributed by atoms with Crippen LogP contribution in [-0.2, 0) is 9.59 Å². The summed E-state index contributed by atoms with van der Waals surface area (Å²) in [7, 11) is 0. The zero-order valence-electron chi connectivity index (χ0n) is 18.1. The van der Waals surface area contributed by atoms with Crippen molar-refractivity contribution in [3.8, 4) is 0 Å². The van der Waals surface area contributed by atoms with Crippen LogP contribution in [0.15, 0.2) is 36.4 Å². The fourth-order valence-corrected chi connectivity index (χ4v) is 3.53. The fraction of sp³-hybridized carbons (Fsp3) is 0.391. The molecule has 1 heterocycles. The van der Waals surface area contributed by atoms with Gasteiger partial charge in [-0.3, -0.25) is 9.59 Å². The van der Waals surface area contributed by atoms with E-state index < -0.39 is 0 Å². The van der Waals surface area contributed by atoms with Gasteiger partial charge in [-0.2, -0.15) is 0 Å². The number of rotatable bonds is 4. The van der Waals surface area contributed by atoms with E-state index in [-0.39, 0.29) is 29.1 Å². The minimum atomic E-state index is -0.383. The van der Waals surface area contributed by atoms with Gasteiger partial charge in [-0.25, -0.2) is 4.39 Å². The van der Waals surface area contributed by atoms with E-state index in [0.717, 1.165) is 5.56 Å². The third-order valence-electron chi connectivity index (χ3n) is 4.22. The average Bonchev–Trinajstić information content (AvgIpc) is 3.13. The van der Waals surface area contributed by atoms with Gasteiger partial charge in [0.2, 0.25) is 6.41 Å². The predicted molar refractivity (Wildman–Crippen MR) is 125 cm³/mol. The minimum absolute atomic E-state index is 0.0164. The monoisotopic (exact) mass is 470 g/mol. The predicted octanol–water partition coefficient (Wildman–Crippen LogP) is 5.92. The van der Waals surface area contributed by atoms with Gasteiger partial charge in [0.15, 0.2) is 0 Å². The van der Waals surface area contributed by atoms with E-state index in [9.17, 15) is 9.18 Å². The van der Waals surface area contributed by atoms with Gasteiger partial charge in [0, 0.05) is 35.6 Å². The Bertz CT molecular complexity index is 866. The summed E-state index contributed by atoms with van der Waals surface area (Å²) in [5, 5.41) is 13.5. The van der Waals surface area contributed by atoms with Crippen LogP contribution < -0.4 is 10.6 Å². The Morgan fingerprint density at radius 2 is 1.61 bits per heavy atom. The smallest absolute Gasteiger partial charge is 0.290 e. The number of carbonyl (C=O) groups excluding carboxylic acids is 1. The lowest BCUT2D eigenvalue weighted by molar-refractivity contribution is -0.122. The molecule has 0 radical (unpaired) electrons. The first-order valence-corrected chi connectivity index (χ1v) is 10.5. The normalized spacial score (nSPS) is 17.5. The van der Waals surface area contributed by atoms with E-state index in [1.165, 1.54) is 0 Å². The van der Waals surface area contributed by atoms with Crippen LogP contribution in [-0.4, -0.2) is 31.1 Å². The summed E-state index contributed by atoms with van der Waals surface area (Å²) in [4.78, 5) is 19.2. The lowest BCUT2D eigenvalue weighted by atomic mass is 9.83. The summed E-state index contributed by atoms with van der Waals surface area (Å²) in [5.74, 6) is -0.434. The van der Waals surface area contributed by atoms with Gasteiger partial charge in [0.25, 0.3) is 6.47 Å². The second kappa shape index (κ2) is 12.6. The van der Waals surface area contributed by atoms with Crippen molar-refractivity contribution >= 4 is 41.8 Å². The zero-order valence-corrected chi connectivity index (χ0v) is 19.6.